The molecule has 1 fully saturated rings. The number of anilines is 1. The zero-order valence-corrected chi connectivity index (χ0v) is 18.0. The summed E-state index contributed by atoms with van der Waals surface area (Å²) in [4.78, 5) is 22.4. The maximum absolute atomic E-state index is 12.5. The van der Waals surface area contributed by atoms with Gasteiger partial charge in [-0.1, -0.05) is 39.5 Å². The number of fused-ring (bicyclic) bond motifs is 3. The molecule has 6 heteroatoms. The molecule has 0 aromatic heterocycles. The minimum absolute atomic E-state index is 0.0296. The lowest BCUT2D eigenvalue weighted by Gasteiger charge is -2.42. The van der Waals surface area contributed by atoms with Gasteiger partial charge < -0.3 is 14.5 Å². The van der Waals surface area contributed by atoms with E-state index in [0.717, 1.165) is 38.0 Å². The largest absolute Gasteiger partial charge is 0.414 e. The molecule has 1 saturated heterocycles. The van der Waals surface area contributed by atoms with Gasteiger partial charge in [-0.3, -0.25) is 4.84 Å². The maximum atomic E-state index is 12.5. The molecule has 0 unspecified atom stereocenters. The van der Waals surface area contributed by atoms with E-state index < -0.39 is 0 Å². The zero-order valence-electron chi connectivity index (χ0n) is 18.0. The van der Waals surface area contributed by atoms with E-state index in [2.05, 4.69) is 25.8 Å². The first kappa shape index (κ1) is 20.9. The van der Waals surface area contributed by atoms with Crippen LogP contribution < -0.4 is 9.64 Å². The Morgan fingerprint density at radius 1 is 1.29 bits per heavy atom. The van der Waals surface area contributed by atoms with Crippen molar-refractivity contribution in [1.29, 1.82) is 0 Å². The molecule has 1 aromatic rings. The number of benzene rings is 1. The van der Waals surface area contributed by atoms with Crippen molar-refractivity contribution in [3.63, 3.8) is 0 Å². The van der Waals surface area contributed by atoms with Crippen LogP contribution in [0.15, 0.2) is 18.2 Å². The predicted molar refractivity (Wildman–Crippen MR) is 112 cm³/mol. The van der Waals surface area contributed by atoms with Crippen LogP contribution in [0.25, 0.3) is 0 Å². The lowest BCUT2D eigenvalue weighted by atomic mass is 9.79. The van der Waals surface area contributed by atoms with Crippen LogP contribution in [-0.2, 0) is 10.3 Å². The first-order valence-electron chi connectivity index (χ1n) is 10.5. The Balaban J connectivity index is 1.64. The van der Waals surface area contributed by atoms with Gasteiger partial charge in [0.05, 0.1) is 0 Å². The van der Waals surface area contributed by atoms with Crippen molar-refractivity contribution in [3.8, 4) is 5.75 Å². The van der Waals surface area contributed by atoms with Crippen molar-refractivity contribution in [2.75, 3.05) is 39.1 Å². The molecule has 0 radical (unpaired) electrons. The molecule has 1 aromatic carbocycles. The average molecular weight is 390 g/mol. The molecule has 0 N–H and O–H groups in total. The number of hydrogen-bond donors (Lipinski definition) is 0. The van der Waals surface area contributed by atoms with Gasteiger partial charge >= 0.3 is 6.09 Å². The number of likely N-dealkylation sites (N-methyl/N-ethyl adjacent to an activating group) is 1. The Labute approximate surface area is 169 Å². The molecule has 28 heavy (non-hydrogen) atoms. The fraction of sp³-hybridized carbons (Fsp3) is 0.682. The summed E-state index contributed by atoms with van der Waals surface area (Å²) in [6.45, 7) is 6.06. The molecule has 0 saturated carbocycles. The van der Waals surface area contributed by atoms with Gasteiger partial charge in [-0.2, -0.15) is 5.06 Å². The highest BCUT2D eigenvalue weighted by molar-refractivity contribution is 5.72. The molecule has 3 rings (SSSR count). The minimum atomic E-state index is -0.289. The van der Waals surface area contributed by atoms with Gasteiger partial charge in [0.2, 0.25) is 0 Å². The monoisotopic (exact) mass is 389 g/mol. The van der Waals surface area contributed by atoms with Gasteiger partial charge in [0.15, 0.2) is 6.23 Å². The van der Waals surface area contributed by atoms with E-state index in [-0.39, 0.29) is 17.7 Å². The van der Waals surface area contributed by atoms with Crippen molar-refractivity contribution in [3.05, 3.63) is 23.8 Å². The summed E-state index contributed by atoms with van der Waals surface area (Å²) < 4.78 is 5.68. The van der Waals surface area contributed by atoms with Crippen molar-refractivity contribution < 1.29 is 14.4 Å². The van der Waals surface area contributed by atoms with Crippen molar-refractivity contribution in [2.24, 2.45) is 0 Å². The minimum Gasteiger partial charge on any atom is -0.410 e. The number of amides is 1. The quantitative estimate of drug-likeness (QED) is 0.647. The number of carbonyl (C=O) groups is 1. The topological polar surface area (TPSA) is 45.3 Å². The van der Waals surface area contributed by atoms with E-state index in [1.807, 2.05) is 37.4 Å². The second-order valence-electron chi connectivity index (χ2n) is 8.47. The number of hydroxylamine groups is 2. The number of hydrogen-bond acceptors (Lipinski definition) is 5. The predicted octanol–water partition coefficient (Wildman–Crippen LogP) is 4.39. The molecule has 156 valence electrons. The van der Waals surface area contributed by atoms with Gasteiger partial charge in [0.1, 0.15) is 5.75 Å². The summed E-state index contributed by atoms with van der Waals surface area (Å²) in [5.74, 6) is 0.607. The first-order chi connectivity index (χ1) is 13.4. The maximum Gasteiger partial charge on any atom is 0.414 e. The van der Waals surface area contributed by atoms with Crippen molar-refractivity contribution in [1.82, 2.24) is 9.96 Å². The Kier molecular flexibility index (Phi) is 6.50. The van der Waals surface area contributed by atoms with Crippen LogP contribution in [0.3, 0.4) is 0 Å². The third kappa shape index (κ3) is 4.13. The molecule has 2 atom stereocenters. The normalized spacial score (nSPS) is 24.0. The Morgan fingerprint density at radius 2 is 2.04 bits per heavy atom. The summed E-state index contributed by atoms with van der Waals surface area (Å²) in [6.07, 6.45) is 6.58. The third-order valence-electron chi connectivity index (χ3n) is 6.20. The molecular weight excluding hydrogens is 354 g/mol. The molecule has 2 aliphatic rings. The van der Waals surface area contributed by atoms with Gasteiger partial charge in [0.25, 0.3) is 0 Å². The molecule has 6 nitrogen and oxygen atoms in total. The molecule has 1 amide bonds. The van der Waals surface area contributed by atoms with Crippen LogP contribution in [0.5, 0.6) is 5.75 Å². The van der Waals surface area contributed by atoms with Crippen LogP contribution in [-0.4, -0.2) is 56.5 Å². The fourth-order valence-corrected chi connectivity index (χ4v) is 4.31. The molecule has 0 spiro atoms. The lowest BCUT2D eigenvalue weighted by molar-refractivity contribution is -0.226. The second kappa shape index (κ2) is 8.70. The summed E-state index contributed by atoms with van der Waals surface area (Å²) in [5.41, 5.74) is 2.23. The lowest BCUT2D eigenvalue weighted by Crippen LogP contribution is -2.52. The number of carbonyl (C=O) groups excluding carboxylic acids is 1. The number of rotatable bonds is 7. The van der Waals surface area contributed by atoms with E-state index in [1.165, 1.54) is 24.8 Å². The Morgan fingerprint density at radius 3 is 2.79 bits per heavy atom. The Hall–Kier alpha value is -1.79. The number of ether oxygens (including phenoxy) is 1. The zero-order chi connectivity index (χ0) is 20.3. The molecular formula is C22H35N3O3. The summed E-state index contributed by atoms with van der Waals surface area (Å²) in [6, 6.07) is 5.94. The van der Waals surface area contributed by atoms with E-state index in [4.69, 9.17) is 9.57 Å². The highest BCUT2D eigenvalue weighted by atomic mass is 16.7. The van der Waals surface area contributed by atoms with Crippen LogP contribution in [0.1, 0.15) is 57.9 Å². The smallest absolute Gasteiger partial charge is 0.410 e. The van der Waals surface area contributed by atoms with Crippen molar-refractivity contribution in [2.45, 2.75) is 64.0 Å². The molecule has 2 heterocycles. The third-order valence-corrected chi connectivity index (χ3v) is 6.20. The van der Waals surface area contributed by atoms with Crippen LogP contribution in [0.4, 0.5) is 10.5 Å². The van der Waals surface area contributed by atoms with Gasteiger partial charge in [-0.05, 0) is 36.6 Å². The van der Waals surface area contributed by atoms with Crippen LogP contribution in [0, 0.1) is 0 Å². The SMILES string of the molecule is CCCCCCCN(C)C(=O)Oc1ccc2c(c1)[C@]1(C)CCN(C)O[C@@H]1N2C. The average Bonchev–Trinajstić information content (AvgIpc) is 2.89. The molecule has 2 aliphatic heterocycles. The van der Waals surface area contributed by atoms with Crippen molar-refractivity contribution >= 4 is 11.8 Å². The van der Waals surface area contributed by atoms with Gasteiger partial charge in [0, 0.05) is 45.3 Å². The van der Waals surface area contributed by atoms with E-state index in [9.17, 15) is 4.79 Å². The Bertz CT molecular complexity index is 696. The summed E-state index contributed by atoms with van der Waals surface area (Å²) >= 11 is 0. The number of unbranched alkanes of at least 4 members (excludes halogenated alkanes) is 4. The summed E-state index contributed by atoms with van der Waals surface area (Å²) in [7, 11) is 5.85. The highest BCUT2D eigenvalue weighted by Gasteiger charge is 2.50. The molecule has 0 bridgehead atoms. The van der Waals surface area contributed by atoms with E-state index >= 15 is 0 Å². The number of nitrogens with zero attached hydrogens (tertiary/aromatic N) is 3. The van der Waals surface area contributed by atoms with E-state index in [0.29, 0.717) is 5.75 Å². The standard InChI is InChI=1S/C22H35N3O3/c1-6-7-8-9-10-14-23(3)21(26)27-17-11-12-19-18(16-17)22(2)13-15-24(4)28-20(22)25(19)5/h11-12,16,20H,6-10,13-15H2,1-5H3/t20-,22-/m0/s1. The summed E-state index contributed by atoms with van der Waals surface area (Å²) in [5, 5.41) is 1.91. The van der Waals surface area contributed by atoms with Crippen LogP contribution in [0.2, 0.25) is 0 Å². The van der Waals surface area contributed by atoms with Gasteiger partial charge in [-0.25, -0.2) is 4.79 Å². The second-order valence-corrected chi connectivity index (χ2v) is 8.47. The first-order valence-corrected chi connectivity index (χ1v) is 10.5. The fourth-order valence-electron chi connectivity index (χ4n) is 4.31. The van der Waals surface area contributed by atoms with Crippen LogP contribution >= 0.6 is 0 Å². The molecule has 0 aliphatic carbocycles. The van der Waals surface area contributed by atoms with Gasteiger partial charge in [-0.15, -0.1) is 0 Å². The van der Waals surface area contributed by atoms with E-state index in [1.54, 1.807) is 4.90 Å². The highest BCUT2D eigenvalue weighted by Crippen LogP contribution is 2.50.